The van der Waals surface area contributed by atoms with Gasteiger partial charge in [0.05, 0.1) is 5.33 Å². The molecule has 0 aromatic heterocycles. The highest BCUT2D eigenvalue weighted by Gasteiger charge is 2.13. The lowest BCUT2D eigenvalue weighted by Gasteiger charge is -2.05. The number of carbonyl (C=O) groups excluding carboxylic acids is 1. The predicted octanol–water partition coefficient (Wildman–Crippen LogP) is 2.52. The summed E-state index contributed by atoms with van der Waals surface area (Å²) in [7, 11) is 0. The molecule has 0 unspecified atom stereocenters. The first kappa shape index (κ1) is 8.65. The molecule has 11 heavy (non-hydrogen) atoms. The zero-order valence-corrected chi connectivity index (χ0v) is 7.53. The Bertz CT molecular complexity index is 230. The van der Waals surface area contributed by atoms with E-state index < -0.39 is 0 Å². The molecular formula is C8H8BrFO. The number of alkyl halides is 1. The Labute approximate surface area is 73.1 Å². The number of carbonyl (C=O) groups is 1. The fourth-order valence-electron chi connectivity index (χ4n) is 0.953. The topological polar surface area (TPSA) is 17.1 Å². The molecule has 0 saturated carbocycles. The number of hydrogen-bond acceptors (Lipinski definition) is 1. The van der Waals surface area contributed by atoms with Crippen LogP contribution in [-0.2, 0) is 4.79 Å². The van der Waals surface area contributed by atoms with Crippen molar-refractivity contribution < 1.29 is 9.18 Å². The van der Waals surface area contributed by atoms with Crippen molar-refractivity contribution in [2.75, 3.05) is 5.33 Å². The molecule has 1 rings (SSSR count). The SMILES string of the molecule is O=C(CBr)C1=C(F)CCC=C1. The quantitative estimate of drug-likeness (QED) is 0.652. The van der Waals surface area contributed by atoms with Crippen molar-refractivity contribution in [2.24, 2.45) is 0 Å². The summed E-state index contributed by atoms with van der Waals surface area (Å²) in [6.45, 7) is 0. The Kier molecular flexibility index (Phi) is 3.00. The minimum Gasteiger partial charge on any atom is -0.293 e. The maximum absolute atomic E-state index is 12.9. The third-order valence-corrected chi connectivity index (χ3v) is 2.04. The van der Waals surface area contributed by atoms with Crippen LogP contribution in [0.3, 0.4) is 0 Å². The van der Waals surface area contributed by atoms with Crippen LogP contribution < -0.4 is 0 Å². The number of allylic oxidation sites excluding steroid dienone is 4. The first-order valence-electron chi connectivity index (χ1n) is 3.40. The van der Waals surface area contributed by atoms with Crippen molar-refractivity contribution >= 4 is 21.7 Å². The lowest BCUT2D eigenvalue weighted by molar-refractivity contribution is -0.113. The molecule has 0 aromatic rings. The molecular weight excluding hydrogens is 211 g/mol. The Morgan fingerprint density at radius 3 is 3.00 bits per heavy atom. The van der Waals surface area contributed by atoms with Crippen molar-refractivity contribution in [2.45, 2.75) is 12.8 Å². The Balaban J connectivity index is 2.83. The van der Waals surface area contributed by atoms with Crippen LogP contribution in [0.5, 0.6) is 0 Å². The summed E-state index contributed by atoms with van der Waals surface area (Å²) in [5.41, 5.74) is 0.230. The van der Waals surface area contributed by atoms with Gasteiger partial charge in [-0.05, 0) is 6.42 Å². The standard InChI is InChI=1S/C8H8BrFO/c9-5-8(11)6-3-1-2-4-7(6)10/h1,3H,2,4-5H2. The van der Waals surface area contributed by atoms with Crippen molar-refractivity contribution in [1.29, 1.82) is 0 Å². The molecule has 0 saturated heterocycles. The van der Waals surface area contributed by atoms with E-state index in [9.17, 15) is 9.18 Å². The molecule has 0 aromatic carbocycles. The fourth-order valence-corrected chi connectivity index (χ4v) is 1.25. The molecule has 0 N–H and O–H groups in total. The number of halogens is 2. The molecule has 0 amide bonds. The van der Waals surface area contributed by atoms with E-state index in [1.54, 1.807) is 6.08 Å². The second-order valence-corrected chi connectivity index (χ2v) is 2.88. The van der Waals surface area contributed by atoms with Crippen molar-refractivity contribution in [3.8, 4) is 0 Å². The van der Waals surface area contributed by atoms with Gasteiger partial charge in [0, 0.05) is 12.0 Å². The lowest BCUT2D eigenvalue weighted by Crippen LogP contribution is -2.05. The van der Waals surface area contributed by atoms with E-state index in [0.717, 1.165) is 0 Å². The molecule has 1 nitrogen and oxygen atoms in total. The van der Waals surface area contributed by atoms with Gasteiger partial charge < -0.3 is 0 Å². The van der Waals surface area contributed by atoms with Gasteiger partial charge >= 0.3 is 0 Å². The summed E-state index contributed by atoms with van der Waals surface area (Å²) in [5, 5.41) is 0.195. The average Bonchev–Trinajstić information content (AvgIpc) is 2.04. The van der Waals surface area contributed by atoms with Crippen LogP contribution in [0.1, 0.15) is 12.8 Å². The number of hydrogen-bond donors (Lipinski definition) is 0. The summed E-state index contributed by atoms with van der Waals surface area (Å²) in [6, 6.07) is 0. The number of ketones is 1. The molecule has 0 spiro atoms. The predicted molar refractivity (Wildman–Crippen MR) is 45.3 cm³/mol. The molecule has 60 valence electrons. The van der Waals surface area contributed by atoms with Crippen molar-refractivity contribution in [3.05, 3.63) is 23.6 Å². The number of rotatable bonds is 2. The van der Waals surface area contributed by atoms with Gasteiger partial charge in [-0.25, -0.2) is 4.39 Å². The van der Waals surface area contributed by atoms with Gasteiger partial charge in [0.2, 0.25) is 0 Å². The van der Waals surface area contributed by atoms with Crippen LogP contribution in [-0.4, -0.2) is 11.1 Å². The highest BCUT2D eigenvalue weighted by atomic mass is 79.9. The minimum absolute atomic E-state index is 0.182. The average molecular weight is 219 g/mol. The van der Waals surface area contributed by atoms with Crippen LogP contribution in [0.2, 0.25) is 0 Å². The minimum atomic E-state index is -0.281. The van der Waals surface area contributed by atoms with Crippen LogP contribution in [0, 0.1) is 0 Å². The van der Waals surface area contributed by atoms with Gasteiger partial charge in [0.1, 0.15) is 5.83 Å². The molecule has 0 aliphatic heterocycles. The third kappa shape index (κ3) is 1.99. The molecule has 3 heteroatoms. The Morgan fingerprint density at radius 1 is 1.73 bits per heavy atom. The zero-order chi connectivity index (χ0) is 8.27. The molecule has 0 atom stereocenters. The normalized spacial score (nSPS) is 17.3. The molecule has 1 aliphatic rings. The highest BCUT2D eigenvalue weighted by molar-refractivity contribution is 9.09. The van der Waals surface area contributed by atoms with Crippen LogP contribution in [0.25, 0.3) is 0 Å². The highest BCUT2D eigenvalue weighted by Crippen LogP contribution is 2.20. The zero-order valence-electron chi connectivity index (χ0n) is 5.94. The lowest BCUT2D eigenvalue weighted by atomic mass is 10.0. The van der Waals surface area contributed by atoms with Gasteiger partial charge in [-0.3, -0.25) is 4.79 Å². The Morgan fingerprint density at radius 2 is 2.45 bits per heavy atom. The smallest absolute Gasteiger partial charge is 0.175 e. The van der Waals surface area contributed by atoms with E-state index in [4.69, 9.17) is 0 Å². The van der Waals surface area contributed by atoms with Crippen LogP contribution >= 0.6 is 15.9 Å². The van der Waals surface area contributed by atoms with Gasteiger partial charge in [-0.2, -0.15) is 0 Å². The van der Waals surface area contributed by atoms with Gasteiger partial charge in [-0.1, -0.05) is 28.1 Å². The summed E-state index contributed by atoms with van der Waals surface area (Å²) in [6.07, 6.45) is 4.44. The Hall–Kier alpha value is -0.440. The van der Waals surface area contributed by atoms with E-state index in [0.29, 0.717) is 12.8 Å². The third-order valence-electron chi connectivity index (χ3n) is 1.53. The van der Waals surface area contributed by atoms with Crippen LogP contribution in [0.15, 0.2) is 23.6 Å². The monoisotopic (exact) mass is 218 g/mol. The molecule has 0 fully saturated rings. The van der Waals surface area contributed by atoms with Gasteiger partial charge in [0.25, 0.3) is 0 Å². The summed E-state index contributed by atoms with van der Waals surface area (Å²) < 4.78 is 12.9. The first-order valence-corrected chi connectivity index (χ1v) is 4.52. The van der Waals surface area contributed by atoms with E-state index in [1.807, 2.05) is 6.08 Å². The summed E-state index contributed by atoms with van der Waals surface area (Å²) >= 11 is 2.99. The van der Waals surface area contributed by atoms with Crippen LogP contribution in [0.4, 0.5) is 4.39 Å². The second kappa shape index (κ2) is 3.81. The first-order chi connectivity index (χ1) is 5.25. The second-order valence-electron chi connectivity index (χ2n) is 2.32. The van der Waals surface area contributed by atoms with E-state index in [2.05, 4.69) is 15.9 Å². The van der Waals surface area contributed by atoms with Gasteiger partial charge in [-0.15, -0.1) is 0 Å². The molecule has 0 radical (unpaired) electrons. The number of Topliss-reactive ketones (excluding diaryl/α,β-unsaturated/α-hetero) is 1. The largest absolute Gasteiger partial charge is 0.293 e. The fraction of sp³-hybridized carbons (Fsp3) is 0.375. The van der Waals surface area contributed by atoms with Gasteiger partial charge in [0.15, 0.2) is 5.78 Å². The maximum atomic E-state index is 12.9. The molecule has 1 aliphatic carbocycles. The van der Waals surface area contributed by atoms with Crippen molar-refractivity contribution in [3.63, 3.8) is 0 Å². The van der Waals surface area contributed by atoms with E-state index in [1.165, 1.54) is 0 Å². The maximum Gasteiger partial charge on any atom is 0.175 e. The van der Waals surface area contributed by atoms with E-state index in [-0.39, 0.29) is 22.5 Å². The summed E-state index contributed by atoms with van der Waals surface area (Å²) in [5.74, 6) is -0.463. The molecule has 0 bridgehead atoms. The summed E-state index contributed by atoms with van der Waals surface area (Å²) in [4.78, 5) is 11.0. The van der Waals surface area contributed by atoms with E-state index >= 15 is 0 Å². The molecule has 0 heterocycles. The van der Waals surface area contributed by atoms with Crippen molar-refractivity contribution in [1.82, 2.24) is 0 Å².